The Morgan fingerprint density at radius 1 is 1.00 bits per heavy atom. The number of rotatable bonds is 1. The molecule has 0 unspecified atom stereocenters. The van der Waals surface area contributed by atoms with E-state index >= 15 is 0 Å². The normalized spacial score (nSPS) is 12.0. The van der Waals surface area contributed by atoms with Crippen molar-refractivity contribution in [2.45, 2.75) is 0 Å². The summed E-state index contributed by atoms with van der Waals surface area (Å²) in [6, 6.07) is 18.0. The van der Waals surface area contributed by atoms with E-state index in [1.165, 1.54) is 16.3 Å². The molecule has 0 aliphatic carbocycles. The van der Waals surface area contributed by atoms with Crippen molar-refractivity contribution in [3.63, 3.8) is 0 Å². The molecular formula is C18H17IrN3. The van der Waals surface area contributed by atoms with Crippen LogP contribution in [0.25, 0.3) is 27.3 Å². The second-order valence-electron chi connectivity index (χ2n) is 6.28. The monoisotopic (exact) mass is 468 g/mol. The van der Waals surface area contributed by atoms with Crippen LogP contribution in [0.3, 0.4) is 0 Å². The third kappa shape index (κ3) is 2.15. The van der Waals surface area contributed by atoms with E-state index < -0.39 is 0 Å². The maximum atomic E-state index is 4.87. The van der Waals surface area contributed by atoms with Crippen LogP contribution in [0, 0.1) is 6.07 Å². The van der Waals surface area contributed by atoms with Gasteiger partial charge < -0.3 is 4.40 Å². The van der Waals surface area contributed by atoms with Gasteiger partial charge in [-0.2, -0.15) is 0 Å². The molecule has 22 heavy (non-hydrogen) atoms. The van der Waals surface area contributed by atoms with Crippen LogP contribution in [-0.2, 0) is 20.1 Å². The molecule has 4 rings (SSSR count). The molecule has 0 saturated heterocycles. The van der Waals surface area contributed by atoms with Crippen molar-refractivity contribution in [2.24, 2.45) is 0 Å². The number of fused-ring (bicyclic) bond motifs is 6. The number of pyridine rings is 1. The smallest absolute Gasteiger partial charge is 0.235 e. The van der Waals surface area contributed by atoms with Gasteiger partial charge in [-0.15, -0.1) is 24.3 Å². The van der Waals surface area contributed by atoms with E-state index in [-0.39, 0.29) is 20.1 Å². The molecule has 2 aromatic carbocycles. The van der Waals surface area contributed by atoms with E-state index in [1.54, 1.807) is 0 Å². The van der Waals surface area contributed by atoms with Crippen LogP contribution < -0.4 is 4.48 Å². The Balaban J connectivity index is 0.00000144. The van der Waals surface area contributed by atoms with Crippen molar-refractivity contribution in [3.05, 3.63) is 54.7 Å². The first kappa shape index (κ1) is 15.2. The molecule has 1 radical (unpaired) electrons. The molecule has 4 aromatic rings. The van der Waals surface area contributed by atoms with Crippen LogP contribution in [0.2, 0.25) is 0 Å². The average molecular weight is 468 g/mol. The van der Waals surface area contributed by atoms with Gasteiger partial charge >= 0.3 is 0 Å². The Morgan fingerprint density at radius 2 is 1.73 bits per heavy atom. The van der Waals surface area contributed by atoms with E-state index in [4.69, 9.17) is 4.98 Å². The molecule has 0 aliphatic rings. The van der Waals surface area contributed by atoms with Crippen molar-refractivity contribution < 1.29 is 20.1 Å². The summed E-state index contributed by atoms with van der Waals surface area (Å²) >= 11 is 0. The predicted molar refractivity (Wildman–Crippen MR) is 88.6 cm³/mol. The maximum Gasteiger partial charge on any atom is 0.235 e. The summed E-state index contributed by atoms with van der Waals surface area (Å²) in [6.07, 6.45) is 2.14. The zero-order valence-corrected chi connectivity index (χ0v) is 15.2. The molecule has 0 aliphatic heterocycles. The molecule has 3 nitrogen and oxygen atoms in total. The van der Waals surface area contributed by atoms with Crippen molar-refractivity contribution in [1.29, 1.82) is 0 Å². The largest absolute Gasteiger partial charge is 0.335 e. The van der Waals surface area contributed by atoms with Gasteiger partial charge in [-0.1, -0.05) is 29.0 Å². The summed E-state index contributed by atoms with van der Waals surface area (Å²) in [5, 5.41) is 3.53. The minimum absolute atomic E-state index is 0. The fourth-order valence-electron chi connectivity index (χ4n) is 2.81. The Labute approximate surface area is 143 Å². The van der Waals surface area contributed by atoms with Crippen molar-refractivity contribution in [2.75, 3.05) is 21.1 Å². The molecule has 113 valence electrons. The number of quaternary nitrogens is 1. The molecule has 0 saturated carbocycles. The molecule has 0 atom stereocenters. The minimum atomic E-state index is 0. The summed E-state index contributed by atoms with van der Waals surface area (Å²) in [5.41, 5.74) is 2.17. The van der Waals surface area contributed by atoms with Gasteiger partial charge in [0.1, 0.15) is 0 Å². The van der Waals surface area contributed by atoms with Gasteiger partial charge in [-0.3, -0.25) is 4.48 Å². The minimum Gasteiger partial charge on any atom is -0.335 e. The van der Waals surface area contributed by atoms with Crippen molar-refractivity contribution in [3.8, 4) is 0 Å². The molecule has 0 fully saturated rings. The van der Waals surface area contributed by atoms with Crippen molar-refractivity contribution in [1.82, 2.24) is 13.9 Å². The standard InChI is InChI=1S/C18H17N3.Ir/c1-21(2,3)17-12-20-16-11-7-6-9-14(16)13-8-4-5-10-15(13)18(20)19-17;/h4-9,11-12H,1-3H3;. The van der Waals surface area contributed by atoms with Crippen LogP contribution >= 0.6 is 0 Å². The van der Waals surface area contributed by atoms with Crippen molar-refractivity contribution >= 4 is 33.1 Å². The van der Waals surface area contributed by atoms with Gasteiger partial charge in [-0.05, 0) is 11.5 Å². The summed E-state index contributed by atoms with van der Waals surface area (Å²) < 4.78 is 2.89. The van der Waals surface area contributed by atoms with Crippen LogP contribution in [0.5, 0.6) is 0 Å². The first-order valence-corrected chi connectivity index (χ1v) is 7.08. The SMILES string of the molecule is C[N+](C)(C)c1cn2c3ccccc3c3ccc[c-]c3c2n1.[Ir]. The van der Waals surface area contributed by atoms with Crippen LogP contribution in [0.4, 0.5) is 5.82 Å². The zero-order chi connectivity index (χ0) is 14.6. The summed E-state index contributed by atoms with van der Waals surface area (Å²) in [5.74, 6) is 1.05. The van der Waals surface area contributed by atoms with E-state index in [1.807, 2.05) is 12.1 Å². The van der Waals surface area contributed by atoms with Gasteiger partial charge in [0.2, 0.25) is 5.82 Å². The fourth-order valence-corrected chi connectivity index (χ4v) is 2.81. The van der Waals surface area contributed by atoms with Gasteiger partial charge in [0.05, 0.1) is 33.0 Å². The molecule has 4 heteroatoms. The molecule has 2 heterocycles. The Hall–Kier alpha value is -1.74. The first-order chi connectivity index (χ1) is 10.1. The number of nitrogens with zero attached hydrogens (tertiary/aromatic N) is 3. The average Bonchev–Trinajstić information content (AvgIpc) is 2.93. The number of imidazole rings is 1. The van der Waals surface area contributed by atoms with Gasteiger partial charge in [0, 0.05) is 25.6 Å². The number of aromatic nitrogens is 2. The summed E-state index contributed by atoms with van der Waals surface area (Å²) in [6.45, 7) is 0. The maximum absolute atomic E-state index is 4.87. The number of hydrogen-bond donors (Lipinski definition) is 0. The zero-order valence-electron chi connectivity index (χ0n) is 12.8. The molecule has 0 N–H and O–H groups in total. The molecule has 0 bridgehead atoms. The number of benzene rings is 2. The molecule has 0 amide bonds. The molecule has 0 spiro atoms. The fraction of sp³-hybridized carbons (Fsp3) is 0.167. The van der Waals surface area contributed by atoms with E-state index in [9.17, 15) is 0 Å². The quantitative estimate of drug-likeness (QED) is 0.237. The first-order valence-electron chi connectivity index (χ1n) is 7.08. The van der Waals surface area contributed by atoms with Crippen LogP contribution in [0.1, 0.15) is 0 Å². The van der Waals surface area contributed by atoms with E-state index in [2.05, 4.69) is 68.1 Å². The van der Waals surface area contributed by atoms with Gasteiger partial charge in [0.25, 0.3) is 0 Å². The second kappa shape index (κ2) is 5.16. The number of para-hydroxylation sites is 1. The summed E-state index contributed by atoms with van der Waals surface area (Å²) in [4.78, 5) is 4.87. The van der Waals surface area contributed by atoms with Gasteiger partial charge in [-0.25, -0.2) is 4.98 Å². The Kier molecular flexibility index (Phi) is 3.56. The third-order valence-electron chi connectivity index (χ3n) is 3.91. The summed E-state index contributed by atoms with van der Waals surface area (Å²) in [7, 11) is 6.40. The Bertz CT molecular complexity index is 907. The van der Waals surface area contributed by atoms with Crippen LogP contribution in [0.15, 0.2) is 48.7 Å². The Morgan fingerprint density at radius 3 is 2.50 bits per heavy atom. The van der Waals surface area contributed by atoms with Gasteiger partial charge in [0.15, 0.2) is 0 Å². The topological polar surface area (TPSA) is 17.3 Å². The molecule has 2 aromatic heterocycles. The second-order valence-corrected chi connectivity index (χ2v) is 6.28. The van der Waals surface area contributed by atoms with E-state index in [0.717, 1.165) is 16.9 Å². The van der Waals surface area contributed by atoms with Crippen LogP contribution in [-0.4, -0.2) is 30.5 Å². The predicted octanol–water partition coefficient (Wildman–Crippen LogP) is 3.64. The third-order valence-corrected chi connectivity index (χ3v) is 3.91. The molecular weight excluding hydrogens is 450 g/mol. The number of hydrogen-bond acceptors (Lipinski definition) is 1. The van der Waals surface area contributed by atoms with E-state index in [0.29, 0.717) is 4.48 Å².